The molecule has 0 fully saturated rings. The fourth-order valence-electron chi connectivity index (χ4n) is 3.89. The Bertz CT molecular complexity index is 709. The molecule has 0 spiro atoms. The molecule has 0 aliphatic heterocycles. The van der Waals surface area contributed by atoms with Gasteiger partial charge in [0.05, 0.1) is 0 Å². The molecule has 1 nitrogen and oxygen atoms in total. The Hall–Kier alpha value is -1.24. The summed E-state index contributed by atoms with van der Waals surface area (Å²) in [6.45, 7) is 21.0. The number of nitrogens with zero attached hydrogens (tertiary/aromatic N) is 1. The van der Waals surface area contributed by atoms with Crippen LogP contribution in [0, 0.1) is 5.41 Å². The van der Waals surface area contributed by atoms with Crippen molar-refractivity contribution in [3.63, 3.8) is 0 Å². The molecular weight excluding hydrogens is 278 g/mol. The molecule has 0 amide bonds. The number of aromatic nitrogens is 1. The van der Waals surface area contributed by atoms with E-state index in [-0.39, 0.29) is 10.8 Å². The number of benzene rings is 1. The highest BCUT2D eigenvalue weighted by atomic mass is 15.0. The van der Waals surface area contributed by atoms with Crippen LogP contribution in [0.5, 0.6) is 0 Å². The molecule has 1 heteroatoms. The summed E-state index contributed by atoms with van der Waals surface area (Å²) < 4.78 is 2.43. The summed E-state index contributed by atoms with van der Waals surface area (Å²) in [6.07, 6.45) is 1.11. The van der Waals surface area contributed by atoms with E-state index in [2.05, 4.69) is 92.1 Å². The predicted molar refractivity (Wildman–Crippen MR) is 103 cm³/mol. The zero-order valence-corrected chi connectivity index (χ0v) is 16.9. The Morgan fingerprint density at radius 3 is 1.83 bits per heavy atom. The maximum atomic E-state index is 2.43. The molecule has 128 valence electrons. The van der Waals surface area contributed by atoms with E-state index >= 15 is 0 Å². The normalized spacial score (nSPS) is 13.8. The number of fused-ring (bicyclic) bond motifs is 1. The van der Waals surface area contributed by atoms with Crippen LogP contribution >= 0.6 is 0 Å². The quantitative estimate of drug-likeness (QED) is 0.577. The van der Waals surface area contributed by atoms with Crippen LogP contribution in [0.1, 0.15) is 79.1 Å². The minimum absolute atomic E-state index is 0.134. The summed E-state index contributed by atoms with van der Waals surface area (Å²) in [5, 5.41) is 1.49. The number of hydrogen-bond acceptors (Lipinski definition) is 0. The number of aryl methyl sites for hydroxylation is 1. The van der Waals surface area contributed by atoms with E-state index < -0.39 is 0 Å². The molecule has 0 radical (unpaired) electrons. The first-order chi connectivity index (χ1) is 10.2. The van der Waals surface area contributed by atoms with E-state index in [0.29, 0.717) is 5.41 Å². The van der Waals surface area contributed by atoms with Crippen molar-refractivity contribution >= 4 is 10.9 Å². The summed E-state index contributed by atoms with van der Waals surface area (Å²) >= 11 is 0. The second-order valence-corrected chi connectivity index (χ2v) is 10.3. The van der Waals surface area contributed by atoms with Crippen LogP contribution in [0.3, 0.4) is 0 Å². The summed E-state index contributed by atoms with van der Waals surface area (Å²) in [4.78, 5) is 0. The molecule has 0 aliphatic rings. The largest absolute Gasteiger partial charge is 0.347 e. The topological polar surface area (TPSA) is 4.93 Å². The third-order valence-electron chi connectivity index (χ3n) is 4.49. The van der Waals surface area contributed by atoms with Crippen LogP contribution in [0.2, 0.25) is 0 Å². The predicted octanol–water partition coefficient (Wildman–Crippen LogP) is 6.36. The molecule has 0 saturated carbocycles. The molecular formula is C22H35N. The average Bonchev–Trinajstić information content (AvgIpc) is 2.61. The van der Waals surface area contributed by atoms with Gasteiger partial charge in [-0.2, -0.15) is 0 Å². The van der Waals surface area contributed by atoms with Crippen molar-refractivity contribution in [2.75, 3.05) is 0 Å². The standard InChI is InChI=1S/C22H35N/c1-20(2,3)14-15-12-11-13-16-17(15)18(21(4,5)6)19(23(16)10)22(7,8)9/h11-13H,14H2,1-10H3. The van der Waals surface area contributed by atoms with Crippen molar-refractivity contribution in [2.24, 2.45) is 12.5 Å². The summed E-state index contributed by atoms with van der Waals surface area (Å²) in [5.41, 5.74) is 6.43. The monoisotopic (exact) mass is 313 g/mol. The summed E-state index contributed by atoms with van der Waals surface area (Å²) in [5.74, 6) is 0. The maximum absolute atomic E-state index is 2.43. The molecule has 0 saturated heterocycles. The van der Waals surface area contributed by atoms with Gasteiger partial charge in [0, 0.05) is 29.1 Å². The molecule has 0 unspecified atom stereocenters. The second kappa shape index (κ2) is 5.40. The van der Waals surface area contributed by atoms with Gasteiger partial charge in [-0.25, -0.2) is 0 Å². The van der Waals surface area contributed by atoms with Gasteiger partial charge in [0.1, 0.15) is 0 Å². The second-order valence-electron chi connectivity index (χ2n) is 10.3. The average molecular weight is 314 g/mol. The highest BCUT2D eigenvalue weighted by molar-refractivity contribution is 5.90. The number of rotatable bonds is 1. The van der Waals surface area contributed by atoms with E-state index in [1.165, 1.54) is 27.7 Å². The number of hydrogen-bond donors (Lipinski definition) is 0. The van der Waals surface area contributed by atoms with Crippen LogP contribution in [0.4, 0.5) is 0 Å². The van der Waals surface area contributed by atoms with Gasteiger partial charge < -0.3 is 4.57 Å². The first kappa shape index (κ1) is 18.1. The molecule has 2 rings (SSSR count). The molecule has 2 aromatic rings. The van der Waals surface area contributed by atoms with Crippen molar-refractivity contribution < 1.29 is 0 Å². The lowest BCUT2D eigenvalue weighted by atomic mass is 9.76. The molecule has 0 atom stereocenters. The van der Waals surface area contributed by atoms with Gasteiger partial charge in [0.25, 0.3) is 0 Å². The van der Waals surface area contributed by atoms with Crippen molar-refractivity contribution in [3.8, 4) is 0 Å². The lowest BCUT2D eigenvalue weighted by molar-refractivity contribution is 0.412. The van der Waals surface area contributed by atoms with Crippen molar-refractivity contribution in [1.82, 2.24) is 4.57 Å². The maximum Gasteiger partial charge on any atom is 0.0485 e. The molecule has 1 aromatic carbocycles. The van der Waals surface area contributed by atoms with Gasteiger partial charge >= 0.3 is 0 Å². The van der Waals surface area contributed by atoms with Crippen molar-refractivity contribution in [3.05, 3.63) is 35.0 Å². The SMILES string of the molecule is Cn1c(C(C)(C)C)c(C(C)(C)C)c2c(CC(C)(C)C)cccc21. The molecule has 1 heterocycles. The first-order valence-electron chi connectivity index (χ1n) is 8.85. The van der Waals surface area contributed by atoms with Gasteiger partial charge in [-0.1, -0.05) is 74.4 Å². The molecule has 1 aromatic heterocycles. The van der Waals surface area contributed by atoms with Gasteiger partial charge in [0.15, 0.2) is 0 Å². The third-order valence-corrected chi connectivity index (χ3v) is 4.49. The Labute approximate surface area is 143 Å². The fraction of sp³-hybridized carbons (Fsp3) is 0.636. The Morgan fingerprint density at radius 2 is 1.39 bits per heavy atom. The van der Waals surface area contributed by atoms with Crippen LogP contribution in [0.15, 0.2) is 18.2 Å². The van der Waals surface area contributed by atoms with E-state index in [1.807, 2.05) is 0 Å². The van der Waals surface area contributed by atoms with Crippen molar-refractivity contribution in [1.29, 1.82) is 0 Å². The van der Waals surface area contributed by atoms with Crippen LogP contribution in [0.25, 0.3) is 10.9 Å². The zero-order valence-electron chi connectivity index (χ0n) is 16.9. The highest BCUT2D eigenvalue weighted by Gasteiger charge is 2.32. The lowest BCUT2D eigenvalue weighted by Gasteiger charge is -2.29. The third kappa shape index (κ3) is 3.49. The Morgan fingerprint density at radius 1 is 0.826 bits per heavy atom. The minimum Gasteiger partial charge on any atom is -0.347 e. The molecule has 0 aliphatic carbocycles. The minimum atomic E-state index is 0.134. The summed E-state index contributed by atoms with van der Waals surface area (Å²) in [7, 11) is 2.24. The molecule has 0 N–H and O–H groups in total. The van der Waals surface area contributed by atoms with E-state index in [9.17, 15) is 0 Å². The molecule has 0 bridgehead atoms. The van der Waals surface area contributed by atoms with E-state index in [0.717, 1.165) is 6.42 Å². The molecule has 23 heavy (non-hydrogen) atoms. The Kier molecular flexibility index (Phi) is 4.25. The van der Waals surface area contributed by atoms with Crippen LogP contribution in [-0.2, 0) is 24.3 Å². The zero-order chi connectivity index (χ0) is 17.8. The van der Waals surface area contributed by atoms with Gasteiger partial charge in [0.2, 0.25) is 0 Å². The first-order valence-corrected chi connectivity index (χ1v) is 8.85. The highest BCUT2D eigenvalue weighted by Crippen LogP contribution is 2.42. The van der Waals surface area contributed by atoms with Gasteiger partial charge in [-0.15, -0.1) is 0 Å². The van der Waals surface area contributed by atoms with E-state index in [1.54, 1.807) is 0 Å². The van der Waals surface area contributed by atoms with E-state index in [4.69, 9.17) is 0 Å². The summed E-state index contributed by atoms with van der Waals surface area (Å²) in [6, 6.07) is 6.84. The smallest absolute Gasteiger partial charge is 0.0485 e. The Balaban J connectivity index is 2.95. The lowest BCUT2D eigenvalue weighted by Crippen LogP contribution is -2.23. The van der Waals surface area contributed by atoms with Gasteiger partial charge in [-0.05, 0) is 34.4 Å². The van der Waals surface area contributed by atoms with Gasteiger partial charge in [-0.3, -0.25) is 0 Å². The van der Waals surface area contributed by atoms with Crippen LogP contribution in [-0.4, -0.2) is 4.57 Å². The van der Waals surface area contributed by atoms with Crippen molar-refractivity contribution in [2.45, 2.75) is 79.6 Å². The fourth-order valence-corrected chi connectivity index (χ4v) is 3.89. The van der Waals surface area contributed by atoms with Crippen LogP contribution < -0.4 is 0 Å².